The molecule has 0 fully saturated rings. The van der Waals surface area contributed by atoms with Gasteiger partial charge < -0.3 is 15.2 Å². The molecule has 0 saturated carbocycles. The Morgan fingerprint density at radius 1 is 1.27 bits per heavy atom. The van der Waals surface area contributed by atoms with Gasteiger partial charge in [0.05, 0.1) is 11.3 Å². The minimum absolute atomic E-state index is 0.118. The van der Waals surface area contributed by atoms with E-state index >= 15 is 0 Å². The normalized spacial score (nSPS) is 14.0. The van der Waals surface area contributed by atoms with Crippen LogP contribution in [0.2, 0.25) is 0 Å². The van der Waals surface area contributed by atoms with Crippen molar-refractivity contribution in [2.24, 2.45) is 0 Å². The molecule has 1 aromatic carbocycles. The van der Waals surface area contributed by atoms with Gasteiger partial charge in [0, 0.05) is 37.8 Å². The number of fused-ring (bicyclic) bond motifs is 1. The molecule has 0 unspecified atom stereocenters. The number of aromatic nitrogens is 2. The lowest BCUT2D eigenvalue weighted by molar-refractivity contribution is -0.137. The van der Waals surface area contributed by atoms with Crippen LogP contribution in [0.25, 0.3) is 0 Å². The van der Waals surface area contributed by atoms with Gasteiger partial charge in [-0.1, -0.05) is 0 Å². The van der Waals surface area contributed by atoms with Gasteiger partial charge in [0.15, 0.2) is 0 Å². The Labute approximate surface area is 149 Å². The molecule has 2 amide bonds. The number of anilines is 1. The average molecular weight is 366 g/mol. The molecule has 0 radical (unpaired) electrons. The van der Waals surface area contributed by atoms with Gasteiger partial charge in [-0.25, -0.2) is 9.78 Å². The maximum Gasteiger partial charge on any atom is 0.416 e. The Bertz CT molecular complexity index is 775. The van der Waals surface area contributed by atoms with Crippen molar-refractivity contribution in [3.8, 4) is 0 Å². The Morgan fingerprint density at radius 3 is 2.81 bits per heavy atom. The number of carbonyl (C=O) groups excluding carboxylic acids is 1. The Morgan fingerprint density at radius 2 is 2.08 bits per heavy atom. The zero-order chi connectivity index (χ0) is 18.7. The fourth-order valence-electron chi connectivity index (χ4n) is 3.09. The van der Waals surface area contributed by atoms with Crippen molar-refractivity contribution in [3.63, 3.8) is 0 Å². The van der Waals surface area contributed by atoms with E-state index in [1.807, 2.05) is 6.20 Å². The topological polar surface area (TPSA) is 59.0 Å². The monoisotopic (exact) mass is 366 g/mol. The second-order valence-corrected chi connectivity index (χ2v) is 6.52. The quantitative estimate of drug-likeness (QED) is 0.862. The minimum atomic E-state index is -4.45. The van der Waals surface area contributed by atoms with Gasteiger partial charge in [-0.3, -0.25) is 0 Å². The number of hydrogen-bond donors (Lipinski definition) is 2. The molecule has 26 heavy (non-hydrogen) atoms. The molecule has 1 aliphatic heterocycles. The van der Waals surface area contributed by atoms with Crippen LogP contribution < -0.4 is 10.6 Å². The first-order valence-corrected chi connectivity index (χ1v) is 8.60. The molecular weight excluding hydrogens is 345 g/mol. The second-order valence-electron chi connectivity index (χ2n) is 6.52. The molecule has 2 aromatic rings. The fraction of sp³-hybridized carbons (Fsp3) is 0.444. The van der Waals surface area contributed by atoms with Gasteiger partial charge in [-0.05, 0) is 43.5 Å². The number of alkyl halides is 3. The summed E-state index contributed by atoms with van der Waals surface area (Å²) in [5.41, 5.74) is 0.680. The zero-order valence-corrected chi connectivity index (χ0v) is 14.5. The number of nitrogens with one attached hydrogen (secondary N) is 2. The van der Waals surface area contributed by atoms with Gasteiger partial charge in [0.25, 0.3) is 0 Å². The highest BCUT2D eigenvalue weighted by Gasteiger charge is 2.31. The molecule has 0 spiro atoms. The lowest BCUT2D eigenvalue weighted by Crippen LogP contribution is -2.30. The van der Waals surface area contributed by atoms with Gasteiger partial charge in [-0.2, -0.15) is 13.2 Å². The largest absolute Gasteiger partial charge is 0.416 e. The van der Waals surface area contributed by atoms with Crippen LogP contribution in [0.15, 0.2) is 24.4 Å². The van der Waals surface area contributed by atoms with E-state index in [9.17, 15) is 18.0 Å². The Hall–Kier alpha value is -2.51. The molecule has 140 valence electrons. The van der Waals surface area contributed by atoms with E-state index in [-0.39, 0.29) is 5.69 Å². The van der Waals surface area contributed by atoms with E-state index < -0.39 is 17.8 Å². The molecule has 0 bridgehead atoms. The number of rotatable bonds is 4. The van der Waals surface area contributed by atoms with Crippen LogP contribution >= 0.6 is 0 Å². The third-order valence-corrected chi connectivity index (χ3v) is 4.29. The number of amides is 2. The number of urea groups is 1. The molecule has 1 aliphatic rings. The van der Waals surface area contributed by atoms with E-state index in [2.05, 4.69) is 20.2 Å². The molecule has 8 heteroatoms. The van der Waals surface area contributed by atoms with Crippen molar-refractivity contribution in [3.05, 3.63) is 47.0 Å². The van der Waals surface area contributed by atoms with Crippen LogP contribution in [0, 0.1) is 6.92 Å². The van der Waals surface area contributed by atoms with Crippen molar-refractivity contribution in [2.75, 3.05) is 11.9 Å². The summed E-state index contributed by atoms with van der Waals surface area (Å²) in [5, 5.41) is 5.11. The number of aryl methyl sites for hydroxylation is 3. The van der Waals surface area contributed by atoms with E-state index in [1.54, 1.807) is 6.92 Å². The summed E-state index contributed by atoms with van der Waals surface area (Å²) < 4.78 is 40.7. The van der Waals surface area contributed by atoms with E-state index in [1.165, 1.54) is 6.07 Å². The molecule has 5 nitrogen and oxygen atoms in total. The summed E-state index contributed by atoms with van der Waals surface area (Å²) >= 11 is 0. The first-order chi connectivity index (χ1) is 12.3. The molecule has 0 atom stereocenters. The molecule has 2 heterocycles. The van der Waals surface area contributed by atoms with Crippen LogP contribution in [0.1, 0.15) is 35.5 Å². The Kier molecular flexibility index (Phi) is 5.20. The summed E-state index contributed by atoms with van der Waals surface area (Å²) in [6.45, 7) is 2.89. The maximum absolute atomic E-state index is 12.8. The number of halogens is 3. The predicted molar refractivity (Wildman–Crippen MR) is 92.1 cm³/mol. The summed E-state index contributed by atoms with van der Waals surface area (Å²) in [6.07, 6.45) is 1.41. The van der Waals surface area contributed by atoms with Gasteiger partial charge >= 0.3 is 12.2 Å². The summed E-state index contributed by atoms with van der Waals surface area (Å²) in [5.74, 6) is 1.08. The summed E-state index contributed by atoms with van der Waals surface area (Å²) in [7, 11) is 0. The van der Waals surface area contributed by atoms with Crippen LogP contribution in [-0.2, 0) is 25.6 Å². The van der Waals surface area contributed by atoms with Crippen molar-refractivity contribution in [1.29, 1.82) is 0 Å². The number of carbonyl (C=O) groups is 1. The highest BCUT2D eigenvalue weighted by Crippen LogP contribution is 2.31. The van der Waals surface area contributed by atoms with Gasteiger partial charge in [0.2, 0.25) is 0 Å². The van der Waals surface area contributed by atoms with Crippen molar-refractivity contribution in [2.45, 2.75) is 45.3 Å². The first kappa shape index (κ1) is 18.3. The van der Waals surface area contributed by atoms with E-state index in [0.717, 1.165) is 49.5 Å². The van der Waals surface area contributed by atoms with Crippen LogP contribution in [0.3, 0.4) is 0 Å². The Balaban J connectivity index is 1.53. The SMILES string of the molecule is Cc1cc(NC(=O)NCCc2cn3c(n2)CCCC3)cc(C(F)(F)F)c1. The van der Waals surface area contributed by atoms with Crippen molar-refractivity contribution in [1.82, 2.24) is 14.9 Å². The minimum Gasteiger partial charge on any atom is -0.337 e. The fourth-order valence-corrected chi connectivity index (χ4v) is 3.09. The maximum atomic E-state index is 12.8. The van der Waals surface area contributed by atoms with Crippen LogP contribution in [0.5, 0.6) is 0 Å². The molecule has 2 N–H and O–H groups in total. The zero-order valence-electron chi connectivity index (χ0n) is 14.5. The summed E-state index contributed by atoms with van der Waals surface area (Å²) in [4.78, 5) is 16.5. The molecule has 0 aliphatic carbocycles. The number of benzene rings is 1. The van der Waals surface area contributed by atoms with E-state index in [0.29, 0.717) is 18.5 Å². The standard InChI is InChI=1S/C18H21F3N4O/c1-12-8-13(18(19,20)21)10-15(9-12)24-17(26)22-6-5-14-11-25-7-3-2-4-16(25)23-14/h8-11H,2-7H2,1H3,(H2,22,24,26). The molecule has 3 rings (SSSR count). The third-order valence-electron chi connectivity index (χ3n) is 4.29. The van der Waals surface area contributed by atoms with Crippen LogP contribution in [-0.4, -0.2) is 22.1 Å². The number of imidazole rings is 1. The molecular formula is C18H21F3N4O. The van der Waals surface area contributed by atoms with Crippen molar-refractivity contribution >= 4 is 11.7 Å². The lowest BCUT2D eigenvalue weighted by Gasteiger charge is -2.12. The second kappa shape index (κ2) is 7.39. The summed E-state index contributed by atoms with van der Waals surface area (Å²) in [6, 6.07) is 2.94. The van der Waals surface area contributed by atoms with Gasteiger partial charge in [-0.15, -0.1) is 0 Å². The molecule has 0 saturated heterocycles. The predicted octanol–water partition coefficient (Wildman–Crippen LogP) is 3.91. The number of nitrogens with zero attached hydrogens (tertiary/aromatic N) is 2. The third kappa shape index (κ3) is 4.56. The average Bonchev–Trinajstić information content (AvgIpc) is 2.96. The van der Waals surface area contributed by atoms with Gasteiger partial charge in [0.1, 0.15) is 5.82 Å². The lowest BCUT2D eigenvalue weighted by atomic mass is 10.1. The van der Waals surface area contributed by atoms with Crippen molar-refractivity contribution < 1.29 is 18.0 Å². The highest BCUT2D eigenvalue weighted by molar-refractivity contribution is 5.89. The smallest absolute Gasteiger partial charge is 0.337 e. The van der Waals surface area contributed by atoms with E-state index in [4.69, 9.17) is 0 Å². The first-order valence-electron chi connectivity index (χ1n) is 8.60. The van der Waals surface area contributed by atoms with Crippen LogP contribution in [0.4, 0.5) is 23.7 Å². The highest BCUT2D eigenvalue weighted by atomic mass is 19.4. The number of hydrogen-bond acceptors (Lipinski definition) is 2. The molecule has 1 aromatic heterocycles.